The molecule has 3 rings (SSSR count). The zero-order valence-corrected chi connectivity index (χ0v) is 17.0. The summed E-state index contributed by atoms with van der Waals surface area (Å²) in [4.78, 5) is 12.5. The normalized spacial score (nSPS) is 14.5. The molecule has 8 nitrogen and oxygen atoms in total. The summed E-state index contributed by atoms with van der Waals surface area (Å²) in [6, 6.07) is 7.45. The lowest BCUT2D eigenvalue weighted by Gasteiger charge is -2.26. The summed E-state index contributed by atoms with van der Waals surface area (Å²) < 4.78 is 31.4. The molecule has 0 unspecified atom stereocenters. The predicted molar refractivity (Wildman–Crippen MR) is 106 cm³/mol. The molecule has 152 valence electrons. The maximum Gasteiger partial charge on any atom is 0.272 e. The molecule has 0 bridgehead atoms. The van der Waals surface area contributed by atoms with Crippen molar-refractivity contribution in [2.24, 2.45) is 0 Å². The van der Waals surface area contributed by atoms with Crippen LogP contribution in [0.1, 0.15) is 47.1 Å². The van der Waals surface area contributed by atoms with Crippen LogP contribution >= 0.6 is 0 Å². The summed E-state index contributed by atoms with van der Waals surface area (Å²) in [5.74, 6) is 0.646. The SMILES string of the molecule is CCCCS(=O)(=O)N1CCc2c(C(=O)NCc3ccc(OC)cc3)n[nH]c2C1. The van der Waals surface area contributed by atoms with Crippen LogP contribution in [0.15, 0.2) is 24.3 Å². The molecule has 9 heteroatoms. The number of nitrogens with zero attached hydrogens (tertiary/aromatic N) is 2. The number of methoxy groups -OCH3 is 1. The molecular formula is C19H26N4O4S. The maximum atomic E-state index is 12.5. The molecule has 1 aliphatic rings. The van der Waals surface area contributed by atoms with Crippen LogP contribution in [0.3, 0.4) is 0 Å². The Hall–Kier alpha value is -2.39. The van der Waals surface area contributed by atoms with E-state index in [1.807, 2.05) is 31.2 Å². The van der Waals surface area contributed by atoms with Crippen molar-refractivity contribution in [1.29, 1.82) is 0 Å². The van der Waals surface area contributed by atoms with Crippen LogP contribution in [0.4, 0.5) is 0 Å². The highest BCUT2D eigenvalue weighted by atomic mass is 32.2. The highest BCUT2D eigenvalue weighted by Gasteiger charge is 2.30. The molecule has 0 radical (unpaired) electrons. The monoisotopic (exact) mass is 406 g/mol. The number of carbonyl (C=O) groups is 1. The fourth-order valence-corrected chi connectivity index (χ4v) is 4.79. The van der Waals surface area contributed by atoms with E-state index in [2.05, 4.69) is 15.5 Å². The number of aromatic nitrogens is 2. The number of hydrogen-bond donors (Lipinski definition) is 2. The Morgan fingerprint density at radius 3 is 2.75 bits per heavy atom. The molecule has 1 aliphatic heterocycles. The van der Waals surface area contributed by atoms with Crippen molar-refractivity contribution >= 4 is 15.9 Å². The zero-order chi connectivity index (χ0) is 20.1. The van der Waals surface area contributed by atoms with Crippen LogP contribution in [-0.4, -0.2) is 48.2 Å². The molecule has 2 heterocycles. The van der Waals surface area contributed by atoms with Gasteiger partial charge in [-0.15, -0.1) is 0 Å². The third-order valence-corrected chi connectivity index (χ3v) is 6.78. The van der Waals surface area contributed by atoms with E-state index in [4.69, 9.17) is 4.74 Å². The highest BCUT2D eigenvalue weighted by Crippen LogP contribution is 2.23. The van der Waals surface area contributed by atoms with Gasteiger partial charge in [0.05, 0.1) is 25.1 Å². The second-order valence-corrected chi connectivity index (χ2v) is 8.90. The number of ether oxygens (including phenoxy) is 1. The lowest BCUT2D eigenvalue weighted by atomic mass is 10.1. The second-order valence-electron chi connectivity index (χ2n) is 6.81. The number of fused-ring (bicyclic) bond motifs is 1. The molecule has 2 aromatic rings. The van der Waals surface area contributed by atoms with Gasteiger partial charge < -0.3 is 10.1 Å². The van der Waals surface area contributed by atoms with Gasteiger partial charge in [-0.1, -0.05) is 25.5 Å². The molecule has 1 amide bonds. The van der Waals surface area contributed by atoms with E-state index < -0.39 is 10.0 Å². The average molecular weight is 407 g/mol. The van der Waals surface area contributed by atoms with Gasteiger partial charge in [-0.3, -0.25) is 9.89 Å². The first kappa shape index (κ1) is 20.3. The summed E-state index contributed by atoms with van der Waals surface area (Å²) >= 11 is 0. The van der Waals surface area contributed by atoms with E-state index in [-0.39, 0.29) is 18.2 Å². The minimum atomic E-state index is -3.28. The molecule has 0 atom stereocenters. The van der Waals surface area contributed by atoms with Crippen LogP contribution in [0, 0.1) is 0 Å². The fraction of sp³-hybridized carbons (Fsp3) is 0.474. The number of H-pyrrole nitrogens is 1. The molecule has 0 fully saturated rings. The number of aromatic amines is 1. The van der Waals surface area contributed by atoms with E-state index in [1.165, 1.54) is 4.31 Å². The molecule has 0 aliphatic carbocycles. The van der Waals surface area contributed by atoms with Gasteiger partial charge >= 0.3 is 0 Å². The highest BCUT2D eigenvalue weighted by molar-refractivity contribution is 7.89. The van der Waals surface area contributed by atoms with Crippen molar-refractivity contribution in [2.75, 3.05) is 19.4 Å². The minimum absolute atomic E-state index is 0.155. The maximum absolute atomic E-state index is 12.5. The number of rotatable bonds is 8. The Morgan fingerprint density at radius 2 is 2.07 bits per heavy atom. The van der Waals surface area contributed by atoms with Gasteiger partial charge in [-0.2, -0.15) is 9.40 Å². The van der Waals surface area contributed by atoms with Gasteiger partial charge in [0.15, 0.2) is 5.69 Å². The summed E-state index contributed by atoms with van der Waals surface area (Å²) in [7, 11) is -1.67. The number of sulfonamides is 1. The topological polar surface area (TPSA) is 104 Å². The van der Waals surface area contributed by atoms with Crippen LogP contribution < -0.4 is 10.1 Å². The van der Waals surface area contributed by atoms with Gasteiger partial charge in [0.1, 0.15) is 5.75 Å². The quantitative estimate of drug-likeness (QED) is 0.696. The number of carbonyl (C=O) groups excluding carboxylic acids is 1. The largest absolute Gasteiger partial charge is 0.497 e. The number of nitrogens with one attached hydrogen (secondary N) is 2. The molecule has 1 aromatic carbocycles. The summed E-state index contributed by atoms with van der Waals surface area (Å²) in [5, 5.41) is 9.85. The molecule has 28 heavy (non-hydrogen) atoms. The van der Waals surface area contributed by atoms with Crippen molar-refractivity contribution < 1.29 is 17.9 Å². The first-order valence-electron chi connectivity index (χ1n) is 9.39. The molecule has 0 spiro atoms. The Balaban J connectivity index is 1.63. The Bertz CT molecular complexity index is 922. The standard InChI is InChI=1S/C19H26N4O4S/c1-3-4-11-28(25,26)23-10-9-16-17(13-23)21-22-18(16)19(24)20-12-14-5-7-15(27-2)8-6-14/h5-8H,3-4,9-13H2,1-2H3,(H,20,24)(H,21,22). The lowest BCUT2D eigenvalue weighted by Crippen LogP contribution is -2.37. The third kappa shape index (κ3) is 4.53. The predicted octanol–water partition coefficient (Wildman–Crippen LogP) is 1.84. The fourth-order valence-electron chi connectivity index (χ4n) is 3.18. The Labute approximate surface area is 165 Å². The number of unbranched alkanes of at least 4 members (excludes halogenated alkanes) is 1. The van der Waals surface area contributed by atoms with Gasteiger partial charge in [-0.05, 0) is 30.5 Å². The van der Waals surface area contributed by atoms with Gasteiger partial charge in [0.25, 0.3) is 5.91 Å². The Kier molecular flexibility index (Phi) is 6.35. The summed E-state index contributed by atoms with van der Waals surface area (Å²) in [6.45, 7) is 2.95. The van der Waals surface area contributed by atoms with E-state index in [1.54, 1.807) is 7.11 Å². The summed E-state index contributed by atoms with van der Waals surface area (Å²) in [6.07, 6.45) is 1.96. The van der Waals surface area contributed by atoms with E-state index in [0.29, 0.717) is 37.3 Å². The average Bonchev–Trinajstić information content (AvgIpc) is 3.14. The Morgan fingerprint density at radius 1 is 1.32 bits per heavy atom. The van der Waals surface area contributed by atoms with Crippen molar-refractivity contribution in [1.82, 2.24) is 19.8 Å². The smallest absolute Gasteiger partial charge is 0.272 e. The van der Waals surface area contributed by atoms with Gasteiger partial charge in [0, 0.05) is 18.7 Å². The van der Waals surface area contributed by atoms with Crippen molar-refractivity contribution in [3.05, 3.63) is 46.8 Å². The van der Waals surface area contributed by atoms with Crippen LogP contribution in [0.25, 0.3) is 0 Å². The van der Waals surface area contributed by atoms with Crippen molar-refractivity contribution in [2.45, 2.75) is 39.3 Å². The number of amides is 1. The third-order valence-electron chi connectivity index (χ3n) is 4.87. The van der Waals surface area contributed by atoms with E-state index >= 15 is 0 Å². The second kappa shape index (κ2) is 8.74. The lowest BCUT2D eigenvalue weighted by molar-refractivity contribution is 0.0944. The molecular weight excluding hydrogens is 380 g/mol. The first-order valence-corrected chi connectivity index (χ1v) is 11.0. The van der Waals surface area contributed by atoms with Crippen molar-refractivity contribution in [3.8, 4) is 5.75 Å². The summed E-state index contributed by atoms with van der Waals surface area (Å²) in [5.41, 5.74) is 2.79. The minimum Gasteiger partial charge on any atom is -0.497 e. The van der Waals surface area contributed by atoms with Crippen LogP contribution in [-0.2, 0) is 29.5 Å². The van der Waals surface area contributed by atoms with Crippen LogP contribution in [0.5, 0.6) is 5.75 Å². The van der Waals surface area contributed by atoms with E-state index in [9.17, 15) is 13.2 Å². The number of hydrogen-bond acceptors (Lipinski definition) is 5. The number of benzene rings is 1. The van der Waals surface area contributed by atoms with Gasteiger partial charge in [-0.25, -0.2) is 8.42 Å². The molecule has 2 N–H and O–H groups in total. The molecule has 0 saturated carbocycles. The zero-order valence-electron chi connectivity index (χ0n) is 16.2. The van der Waals surface area contributed by atoms with Gasteiger partial charge in [0.2, 0.25) is 10.0 Å². The molecule has 1 aromatic heterocycles. The van der Waals surface area contributed by atoms with E-state index in [0.717, 1.165) is 23.3 Å². The van der Waals surface area contributed by atoms with Crippen molar-refractivity contribution in [3.63, 3.8) is 0 Å². The van der Waals surface area contributed by atoms with Crippen LogP contribution in [0.2, 0.25) is 0 Å². The first-order chi connectivity index (χ1) is 13.4. The molecule has 0 saturated heterocycles.